The van der Waals surface area contributed by atoms with Gasteiger partial charge >= 0.3 is 5.91 Å². The van der Waals surface area contributed by atoms with Crippen LogP contribution < -0.4 is 9.64 Å². The fourth-order valence-electron chi connectivity index (χ4n) is 4.01. The second-order valence-corrected chi connectivity index (χ2v) is 9.76. The van der Waals surface area contributed by atoms with Crippen LogP contribution in [0.2, 0.25) is 0 Å². The molecule has 1 amide bonds. The number of nitro benzene ring substituents is 1. The van der Waals surface area contributed by atoms with Crippen molar-refractivity contribution in [2.45, 2.75) is 13.0 Å². The molecule has 35 heavy (non-hydrogen) atoms. The molecule has 0 radical (unpaired) electrons. The van der Waals surface area contributed by atoms with Gasteiger partial charge in [0.05, 0.1) is 27.8 Å². The molecule has 3 heterocycles. The first kappa shape index (κ1) is 22.7. The van der Waals surface area contributed by atoms with E-state index in [4.69, 9.17) is 4.74 Å². The van der Waals surface area contributed by atoms with Crippen molar-refractivity contribution in [1.82, 2.24) is 4.98 Å². The van der Waals surface area contributed by atoms with Gasteiger partial charge in [0.15, 0.2) is 5.13 Å². The van der Waals surface area contributed by atoms with Crippen LogP contribution in [0.3, 0.4) is 0 Å². The Balaban J connectivity index is 1.67. The Labute approximate surface area is 206 Å². The molecule has 9 nitrogen and oxygen atoms in total. The first-order valence-electron chi connectivity index (χ1n) is 10.3. The fraction of sp³-hybridized carbons (Fsp3) is 0.125. The van der Waals surface area contributed by atoms with E-state index in [-0.39, 0.29) is 16.8 Å². The number of methoxy groups -OCH3 is 1. The number of thiazole rings is 1. The lowest BCUT2D eigenvalue weighted by Gasteiger charge is -2.21. The number of ketones is 1. The number of fused-ring (bicyclic) bond motifs is 1. The largest absolute Gasteiger partial charge is 0.507 e. The Kier molecular flexibility index (Phi) is 5.58. The van der Waals surface area contributed by atoms with Crippen LogP contribution in [-0.4, -0.2) is 33.8 Å². The van der Waals surface area contributed by atoms with Gasteiger partial charge in [-0.15, -0.1) is 11.3 Å². The number of aliphatic hydroxyl groups is 1. The molecule has 1 unspecified atom stereocenters. The van der Waals surface area contributed by atoms with Gasteiger partial charge in [-0.3, -0.25) is 24.6 Å². The number of benzene rings is 2. The predicted octanol–water partition coefficient (Wildman–Crippen LogP) is 5.21. The van der Waals surface area contributed by atoms with E-state index in [0.717, 1.165) is 10.3 Å². The molecule has 11 heteroatoms. The number of anilines is 1. The van der Waals surface area contributed by atoms with Crippen molar-refractivity contribution in [3.05, 3.63) is 85.6 Å². The number of hydrogen-bond acceptors (Lipinski definition) is 9. The van der Waals surface area contributed by atoms with Gasteiger partial charge in [0.2, 0.25) is 0 Å². The van der Waals surface area contributed by atoms with Crippen LogP contribution in [0.1, 0.15) is 22.0 Å². The van der Waals surface area contributed by atoms with Gasteiger partial charge in [0.25, 0.3) is 11.5 Å². The molecule has 1 aliphatic heterocycles. The molecular weight excluding hydrogens is 490 g/mol. The summed E-state index contributed by atoms with van der Waals surface area (Å²) in [5, 5.41) is 24.2. The zero-order valence-electron chi connectivity index (χ0n) is 18.4. The van der Waals surface area contributed by atoms with Crippen LogP contribution in [0.5, 0.6) is 5.75 Å². The summed E-state index contributed by atoms with van der Waals surface area (Å²) in [6.45, 7) is 1.89. The number of aromatic nitrogens is 1. The number of aryl methyl sites for hydroxylation is 1. The van der Waals surface area contributed by atoms with Gasteiger partial charge < -0.3 is 9.84 Å². The Hall–Kier alpha value is -4.09. The van der Waals surface area contributed by atoms with E-state index in [1.807, 2.05) is 24.4 Å². The molecule has 0 bridgehead atoms. The molecule has 0 saturated carbocycles. The van der Waals surface area contributed by atoms with Crippen molar-refractivity contribution in [3.8, 4) is 5.75 Å². The van der Waals surface area contributed by atoms with Crippen LogP contribution in [0, 0.1) is 17.0 Å². The molecule has 2 aromatic carbocycles. The first-order valence-corrected chi connectivity index (χ1v) is 12.0. The van der Waals surface area contributed by atoms with Crippen LogP contribution in [0.4, 0.5) is 10.8 Å². The van der Waals surface area contributed by atoms with Gasteiger partial charge in [0.1, 0.15) is 17.6 Å². The number of Topliss-reactive ketones (excluding diaryl/α,β-unsaturated/α-hetero) is 1. The quantitative estimate of drug-likeness (QED) is 0.129. The van der Waals surface area contributed by atoms with Gasteiger partial charge in [0, 0.05) is 22.6 Å². The summed E-state index contributed by atoms with van der Waals surface area (Å²) in [6, 6.07) is 11.5. The summed E-state index contributed by atoms with van der Waals surface area (Å²) >= 11 is 2.58. The number of aliphatic hydroxyl groups excluding tert-OH is 1. The summed E-state index contributed by atoms with van der Waals surface area (Å²) in [5.41, 5.74) is 1.48. The van der Waals surface area contributed by atoms with E-state index in [1.54, 1.807) is 19.2 Å². The molecule has 1 fully saturated rings. The van der Waals surface area contributed by atoms with E-state index >= 15 is 0 Å². The highest BCUT2D eigenvalue weighted by atomic mass is 32.1. The smallest absolute Gasteiger partial charge is 0.301 e. The summed E-state index contributed by atoms with van der Waals surface area (Å²) < 4.78 is 6.17. The molecule has 2 aromatic heterocycles. The molecule has 0 spiro atoms. The van der Waals surface area contributed by atoms with Gasteiger partial charge in [-0.1, -0.05) is 17.4 Å². The summed E-state index contributed by atoms with van der Waals surface area (Å²) in [7, 11) is 1.57. The predicted molar refractivity (Wildman–Crippen MR) is 133 cm³/mol. The normalized spacial score (nSPS) is 17.3. The van der Waals surface area contributed by atoms with Crippen LogP contribution in [-0.2, 0) is 9.59 Å². The van der Waals surface area contributed by atoms with E-state index in [0.29, 0.717) is 21.3 Å². The number of nitrogens with zero attached hydrogens (tertiary/aromatic N) is 3. The summed E-state index contributed by atoms with van der Waals surface area (Å²) in [5.74, 6) is -1.39. The Morgan fingerprint density at radius 1 is 1.20 bits per heavy atom. The third-order valence-corrected chi connectivity index (χ3v) is 7.65. The van der Waals surface area contributed by atoms with Crippen molar-refractivity contribution < 1.29 is 24.4 Å². The third-order valence-electron chi connectivity index (χ3n) is 5.71. The monoisotopic (exact) mass is 507 g/mol. The number of carbonyl (C=O) groups excluding carboxylic acids is 2. The van der Waals surface area contributed by atoms with Crippen molar-refractivity contribution >= 4 is 61.2 Å². The summed E-state index contributed by atoms with van der Waals surface area (Å²) in [4.78, 5) is 43.5. The maximum Gasteiger partial charge on any atom is 0.301 e. The summed E-state index contributed by atoms with van der Waals surface area (Å²) in [6.07, 6.45) is 0. The number of ether oxygens (including phenoxy) is 1. The Bertz CT molecular complexity index is 1520. The van der Waals surface area contributed by atoms with Crippen LogP contribution in [0.25, 0.3) is 16.0 Å². The van der Waals surface area contributed by atoms with Crippen molar-refractivity contribution in [2.24, 2.45) is 0 Å². The zero-order valence-corrected chi connectivity index (χ0v) is 20.1. The minimum absolute atomic E-state index is 0.0979. The number of amides is 1. The number of nitro groups is 1. The van der Waals surface area contributed by atoms with Gasteiger partial charge in [-0.2, -0.15) is 0 Å². The zero-order chi connectivity index (χ0) is 24.9. The Morgan fingerprint density at radius 2 is 1.94 bits per heavy atom. The molecule has 0 aliphatic carbocycles. The molecule has 1 saturated heterocycles. The van der Waals surface area contributed by atoms with Crippen LogP contribution >= 0.6 is 22.7 Å². The minimum Gasteiger partial charge on any atom is -0.507 e. The molecule has 4 aromatic rings. The number of thiophene rings is 1. The number of hydrogen-bond donors (Lipinski definition) is 1. The molecule has 5 rings (SSSR count). The fourth-order valence-corrected chi connectivity index (χ4v) is 5.84. The number of carbonyl (C=O) groups is 2. The minimum atomic E-state index is -0.895. The van der Waals surface area contributed by atoms with Crippen molar-refractivity contribution in [3.63, 3.8) is 0 Å². The highest BCUT2D eigenvalue weighted by Crippen LogP contribution is 2.46. The standard InChI is InChI=1S/C24H17N3O6S2/c1-12-10-15-18(11-16(12)33-2)35-24(25-15)26-20(17-4-3-9-34-17)19(22(29)23(26)30)21(28)13-5-7-14(8-6-13)27(31)32/h3-11,20,28H,1-2H3/b21-19+. The molecule has 1 aliphatic rings. The average molecular weight is 508 g/mol. The van der Waals surface area contributed by atoms with Crippen molar-refractivity contribution in [2.75, 3.05) is 12.0 Å². The lowest BCUT2D eigenvalue weighted by Crippen LogP contribution is -2.28. The highest BCUT2D eigenvalue weighted by molar-refractivity contribution is 7.22. The number of rotatable bonds is 5. The first-order chi connectivity index (χ1) is 16.8. The number of non-ortho nitro benzene ring substituents is 1. The lowest BCUT2D eigenvalue weighted by molar-refractivity contribution is -0.384. The Morgan fingerprint density at radius 3 is 2.57 bits per heavy atom. The maximum atomic E-state index is 13.3. The molecule has 1 atom stereocenters. The van der Waals surface area contributed by atoms with E-state index < -0.39 is 28.4 Å². The molecular formula is C24H17N3O6S2. The molecule has 176 valence electrons. The average Bonchev–Trinajstić information content (AvgIpc) is 3.57. The van der Waals surface area contributed by atoms with E-state index in [9.17, 15) is 24.8 Å². The second kappa shape index (κ2) is 8.60. The van der Waals surface area contributed by atoms with Crippen molar-refractivity contribution in [1.29, 1.82) is 0 Å². The lowest BCUT2D eigenvalue weighted by atomic mass is 10.00. The third kappa shape index (κ3) is 3.74. The van der Waals surface area contributed by atoms with E-state index in [2.05, 4.69) is 4.98 Å². The van der Waals surface area contributed by atoms with Gasteiger partial charge in [-0.25, -0.2) is 4.98 Å². The highest BCUT2D eigenvalue weighted by Gasteiger charge is 2.48. The SMILES string of the molecule is COc1cc2sc(N3C(=O)C(=O)/C(=C(/O)c4ccc([N+](=O)[O-])cc4)C3c3cccs3)nc2cc1C. The topological polar surface area (TPSA) is 123 Å². The maximum absolute atomic E-state index is 13.3. The van der Waals surface area contributed by atoms with Gasteiger partial charge in [-0.05, 0) is 48.2 Å². The van der Waals surface area contributed by atoms with Crippen LogP contribution in [0.15, 0.2) is 59.5 Å². The molecule has 1 N–H and O–H groups in total. The van der Waals surface area contributed by atoms with E-state index in [1.165, 1.54) is 51.8 Å². The second-order valence-electron chi connectivity index (χ2n) is 7.77.